The highest BCUT2D eigenvalue weighted by Gasteiger charge is 2.18. The van der Waals surface area contributed by atoms with Crippen LogP contribution in [0.1, 0.15) is 45.0 Å². The van der Waals surface area contributed by atoms with Gasteiger partial charge in [-0.2, -0.15) is 0 Å². The smallest absolute Gasteiger partial charge is 0.263 e. The second-order valence-corrected chi connectivity index (χ2v) is 7.29. The third-order valence-electron chi connectivity index (χ3n) is 4.20. The van der Waals surface area contributed by atoms with E-state index in [2.05, 4.69) is 15.5 Å². The van der Waals surface area contributed by atoms with E-state index in [1.54, 1.807) is 0 Å². The molecule has 0 unspecified atom stereocenters. The second kappa shape index (κ2) is 8.27. The van der Waals surface area contributed by atoms with Crippen LogP contribution < -0.4 is 5.32 Å². The lowest BCUT2D eigenvalue weighted by molar-refractivity contribution is 0.0957. The molecule has 1 aromatic carbocycles. The number of carbonyl (C=O) groups is 1. The van der Waals surface area contributed by atoms with Gasteiger partial charge >= 0.3 is 0 Å². The first kappa shape index (κ1) is 18.3. The Balaban J connectivity index is 1.74. The molecule has 1 N–H and O–H groups in total. The molecule has 3 aromatic rings. The van der Waals surface area contributed by atoms with Crippen molar-refractivity contribution in [3.05, 3.63) is 57.2 Å². The number of nitrogens with one attached hydrogen (secondary N) is 1. The summed E-state index contributed by atoms with van der Waals surface area (Å²) in [5.41, 5.74) is 3.83. The van der Waals surface area contributed by atoms with Gasteiger partial charge in [0, 0.05) is 24.1 Å². The standard InChI is InChI=1S/C20H23N3O2S/c1-4-12-21-20(24)19-13(2)22-17(26-19)11-10-16-14(3)25-23-18(16)15-8-6-5-7-9-15/h5-9H,4,10-12H2,1-3H3,(H,21,24). The maximum atomic E-state index is 12.2. The van der Waals surface area contributed by atoms with Crippen molar-refractivity contribution < 1.29 is 9.32 Å². The molecule has 0 aliphatic heterocycles. The number of aryl methyl sites for hydroxylation is 3. The number of nitrogens with zero attached hydrogens (tertiary/aromatic N) is 2. The van der Waals surface area contributed by atoms with Gasteiger partial charge in [0.1, 0.15) is 16.3 Å². The molecule has 136 valence electrons. The molecule has 0 saturated carbocycles. The monoisotopic (exact) mass is 369 g/mol. The predicted molar refractivity (Wildman–Crippen MR) is 104 cm³/mol. The van der Waals surface area contributed by atoms with E-state index in [0.717, 1.165) is 52.5 Å². The summed E-state index contributed by atoms with van der Waals surface area (Å²) in [4.78, 5) is 17.5. The van der Waals surface area contributed by atoms with Crippen molar-refractivity contribution in [3.63, 3.8) is 0 Å². The van der Waals surface area contributed by atoms with Crippen LogP contribution in [0.15, 0.2) is 34.9 Å². The van der Waals surface area contributed by atoms with Gasteiger partial charge in [0.2, 0.25) is 0 Å². The Labute approximate surface area is 157 Å². The fourth-order valence-corrected chi connectivity index (χ4v) is 3.81. The van der Waals surface area contributed by atoms with Crippen molar-refractivity contribution in [1.82, 2.24) is 15.5 Å². The Hall–Kier alpha value is -2.47. The third-order valence-corrected chi connectivity index (χ3v) is 5.42. The van der Waals surface area contributed by atoms with Crippen molar-refractivity contribution in [1.29, 1.82) is 0 Å². The molecular formula is C20H23N3O2S. The molecule has 26 heavy (non-hydrogen) atoms. The molecule has 0 aliphatic rings. The van der Waals surface area contributed by atoms with Crippen LogP contribution in [0.5, 0.6) is 0 Å². The Morgan fingerprint density at radius 2 is 1.96 bits per heavy atom. The molecule has 5 nitrogen and oxygen atoms in total. The van der Waals surface area contributed by atoms with Gasteiger partial charge in [0.05, 0.1) is 10.7 Å². The zero-order chi connectivity index (χ0) is 18.5. The van der Waals surface area contributed by atoms with Crippen molar-refractivity contribution in [2.45, 2.75) is 40.0 Å². The van der Waals surface area contributed by atoms with E-state index in [9.17, 15) is 4.79 Å². The molecular weight excluding hydrogens is 346 g/mol. The van der Waals surface area contributed by atoms with Crippen LogP contribution in [0, 0.1) is 13.8 Å². The molecule has 2 heterocycles. The molecule has 3 rings (SSSR count). The largest absolute Gasteiger partial charge is 0.361 e. The first-order valence-electron chi connectivity index (χ1n) is 8.85. The second-order valence-electron chi connectivity index (χ2n) is 6.21. The molecule has 0 bridgehead atoms. The normalized spacial score (nSPS) is 10.9. The molecule has 0 atom stereocenters. The molecule has 1 amide bonds. The van der Waals surface area contributed by atoms with Gasteiger partial charge in [0.15, 0.2) is 0 Å². The minimum atomic E-state index is -0.0285. The maximum Gasteiger partial charge on any atom is 0.263 e. The first-order chi connectivity index (χ1) is 12.6. The summed E-state index contributed by atoms with van der Waals surface area (Å²) in [5.74, 6) is 0.803. The summed E-state index contributed by atoms with van der Waals surface area (Å²) in [7, 11) is 0. The van der Waals surface area contributed by atoms with Crippen molar-refractivity contribution in [3.8, 4) is 11.3 Å². The van der Waals surface area contributed by atoms with E-state index in [4.69, 9.17) is 4.52 Å². The van der Waals surface area contributed by atoms with Crippen LogP contribution in [0.25, 0.3) is 11.3 Å². The highest BCUT2D eigenvalue weighted by molar-refractivity contribution is 7.13. The van der Waals surface area contributed by atoms with Crippen LogP contribution in [0.2, 0.25) is 0 Å². The topological polar surface area (TPSA) is 68.0 Å². The van der Waals surface area contributed by atoms with Crippen LogP contribution in [0.4, 0.5) is 0 Å². The zero-order valence-corrected chi connectivity index (χ0v) is 16.2. The lowest BCUT2D eigenvalue weighted by Gasteiger charge is -2.01. The summed E-state index contributed by atoms with van der Waals surface area (Å²) >= 11 is 1.47. The summed E-state index contributed by atoms with van der Waals surface area (Å²) < 4.78 is 5.42. The highest BCUT2D eigenvalue weighted by atomic mass is 32.1. The number of benzene rings is 1. The number of carbonyl (C=O) groups excluding carboxylic acids is 1. The van der Waals surface area contributed by atoms with E-state index in [1.807, 2.05) is 51.1 Å². The van der Waals surface area contributed by atoms with Crippen molar-refractivity contribution >= 4 is 17.2 Å². The van der Waals surface area contributed by atoms with Gasteiger partial charge in [-0.3, -0.25) is 4.79 Å². The van der Waals surface area contributed by atoms with E-state index < -0.39 is 0 Å². The summed E-state index contributed by atoms with van der Waals surface area (Å²) in [6.07, 6.45) is 2.46. The lowest BCUT2D eigenvalue weighted by atomic mass is 10.0. The van der Waals surface area contributed by atoms with Gasteiger partial charge in [-0.05, 0) is 26.7 Å². The number of amides is 1. The number of thiazole rings is 1. The van der Waals surface area contributed by atoms with Gasteiger partial charge in [-0.1, -0.05) is 42.4 Å². The van der Waals surface area contributed by atoms with E-state index in [-0.39, 0.29) is 5.91 Å². The Morgan fingerprint density at radius 1 is 1.19 bits per heavy atom. The highest BCUT2D eigenvalue weighted by Crippen LogP contribution is 2.27. The lowest BCUT2D eigenvalue weighted by Crippen LogP contribution is -2.23. The van der Waals surface area contributed by atoms with Crippen LogP contribution in [0.3, 0.4) is 0 Å². The van der Waals surface area contributed by atoms with Crippen LogP contribution in [-0.2, 0) is 12.8 Å². The van der Waals surface area contributed by atoms with Crippen LogP contribution in [-0.4, -0.2) is 22.6 Å². The average Bonchev–Trinajstić information content (AvgIpc) is 3.21. The number of aromatic nitrogens is 2. The predicted octanol–water partition coefficient (Wildman–Crippen LogP) is 4.34. The number of rotatable bonds is 7. The van der Waals surface area contributed by atoms with Crippen molar-refractivity contribution in [2.75, 3.05) is 6.54 Å². The minimum Gasteiger partial charge on any atom is -0.361 e. The molecule has 0 aliphatic carbocycles. The quantitative estimate of drug-likeness (QED) is 0.673. The number of hydrogen-bond acceptors (Lipinski definition) is 5. The van der Waals surface area contributed by atoms with Gasteiger partial charge in [-0.25, -0.2) is 4.98 Å². The van der Waals surface area contributed by atoms with Gasteiger partial charge < -0.3 is 9.84 Å². The van der Waals surface area contributed by atoms with Crippen molar-refractivity contribution in [2.24, 2.45) is 0 Å². The van der Waals surface area contributed by atoms with E-state index in [0.29, 0.717) is 11.4 Å². The number of hydrogen-bond donors (Lipinski definition) is 1. The van der Waals surface area contributed by atoms with Gasteiger partial charge in [-0.15, -0.1) is 11.3 Å². The molecule has 0 radical (unpaired) electrons. The van der Waals surface area contributed by atoms with Gasteiger partial charge in [0.25, 0.3) is 5.91 Å². The molecule has 2 aromatic heterocycles. The Morgan fingerprint density at radius 3 is 2.69 bits per heavy atom. The zero-order valence-electron chi connectivity index (χ0n) is 15.3. The molecule has 0 spiro atoms. The van der Waals surface area contributed by atoms with Crippen LogP contribution >= 0.6 is 11.3 Å². The fourth-order valence-electron chi connectivity index (χ4n) is 2.83. The summed E-state index contributed by atoms with van der Waals surface area (Å²) in [5, 5.41) is 8.11. The summed E-state index contributed by atoms with van der Waals surface area (Å²) in [6.45, 7) is 6.55. The third kappa shape index (κ3) is 4.02. The first-order valence-corrected chi connectivity index (χ1v) is 9.66. The minimum absolute atomic E-state index is 0.0285. The average molecular weight is 369 g/mol. The SMILES string of the molecule is CCCNC(=O)c1sc(CCc2c(-c3ccccc3)noc2C)nc1C. The fraction of sp³-hybridized carbons (Fsp3) is 0.350. The molecule has 6 heteroatoms. The maximum absolute atomic E-state index is 12.2. The van der Waals surface area contributed by atoms with E-state index in [1.165, 1.54) is 11.3 Å². The Bertz CT molecular complexity index is 884. The molecule has 0 saturated heterocycles. The molecule has 0 fully saturated rings. The Kier molecular flexibility index (Phi) is 5.83. The van der Waals surface area contributed by atoms with E-state index >= 15 is 0 Å². The summed E-state index contributed by atoms with van der Waals surface area (Å²) in [6, 6.07) is 10.0.